The summed E-state index contributed by atoms with van der Waals surface area (Å²) in [5.41, 5.74) is 2.29. The van der Waals surface area contributed by atoms with E-state index >= 15 is 4.39 Å². The first-order valence-corrected chi connectivity index (χ1v) is 16.1. The van der Waals surface area contributed by atoms with E-state index in [9.17, 15) is 9.18 Å². The van der Waals surface area contributed by atoms with E-state index in [0.717, 1.165) is 48.4 Å². The molecule has 12 heteroatoms. The Balaban J connectivity index is 1.45. The predicted molar refractivity (Wildman–Crippen MR) is 170 cm³/mol. The van der Waals surface area contributed by atoms with Gasteiger partial charge in [-0.05, 0) is 56.7 Å². The molecule has 3 aromatic rings. The van der Waals surface area contributed by atoms with Crippen LogP contribution < -0.4 is 9.64 Å². The number of likely N-dealkylation sites (tertiary alicyclic amines) is 1. The van der Waals surface area contributed by atoms with Gasteiger partial charge in [0.15, 0.2) is 11.6 Å². The number of hydrogen-bond acceptors (Lipinski definition) is 7. The Morgan fingerprint density at radius 1 is 1.25 bits per heavy atom. The fourth-order valence-electron chi connectivity index (χ4n) is 6.39. The molecule has 1 aromatic heterocycles. The number of aryl methyl sites for hydroxylation is 1. The molecule has 0 bridgehead atoms. The van der Waals surface area contributed by atoms with Crippen molar-refractivity contribution in [3.05, 3.63) is 64.5 Å². The molecule has 0 saturated carbocycles. The minimum Gasteiger partial charge on any atom is -0.462 e. The van der Waals surface area contributed by atoms with Gasteiger partial charge in [0.05, 0.1) is 5.02 Å². The quantitative estimate of drug-likeness (QED) is 0.232. The van der Waals surface area contributed by atoms with E-state index < -0.39 is 23.6 Å². The topological polar surface area (TPSA) is 66.2 Å². The van der Waals surface area contributed by atoms with Crippen LogP contribution in [0.4, 0.5) is 14.6 Å². The number of benzene rings is 2. The van der Waals surface area contributed by atoms with Crippen LogP contribution in [0.15, 0.2) is 41.6 Å². The number of amides is 1. The number of ether oxygens (including phenoxy) is 1. The normalized spacial score (nSPS) is 20.4. The molecule has 2 atom stereocenters. The van der Waals surface area contributed by atoms with Crippen LogP contribution in [0.3, 0.4) is 0 Å². The van der Waals surface area contributed by atoms with E-state index in [1.807, 2.05) is 24.1 Å². The fourth-order valence-corrected chi connectivity index (χ4v) is 7.86. The van der Waals surface area contributed by atoms with Gasteiger partial charge in [-0.25, -0.2) is 15.4 Å². The molecule has 44 heavy (non-hydrogen) atoms. The molecule has 3 aliphatic heterocycles. The van der Waals surface area contributed by atoms with Gasteiger partial charge in [-0.1, -0.05) is 36.4 Å². The molecule has 0 spiro atoms. The third kappa shape index (κ3) is 5.83. The van der Waals surface area contributed by atoms with Gasteiger partial charge in [-0.15, -0.1) is 11.8 Å². The molecular weight excluding hydrogens is 606 g/mol. The van der Waals surface area contributed by atoms with Gasteiger partial charge in [0.2, 0.25) is 6.54 Å². The molecule has 0 unspecified atom stereocenters. The second kappa shape index (κ2) is 12.9. The number of halogens is 3. The molecule has 1 amide bonds. The lowest BCUT2D eigenvalue weighted by molar-refractivity contribution is -0.131. The summed E-state index contributed by atoms with van der Waals surface area (Å²) in [4.78, 5) is 31.8. The van der Waals surface area contributed by atoms with Crippen LogP contribution in [0.25, 0.3) is 26.9 Å². The molecule has 230 valence electrons. The predicted octanol–water partition coefficient (Wildman–Crippen LogP) is 6.02. The van der Waals surface area contributed by atoms with Gasteiger partial charge >= 0.3 is 6.01 Å². The first-order chi connectivity index (χ1) is 21.3. The smallest absolute Gasteiger partial charge is 0.319 e. The number of carbonyl (C=O) groups is 1. The van der Waals surface area contributed by atoms with Crippen molar-refractivity contribution >= 4 is 46.0 Å². The molecule has 2 saturated heterocycles. The number of thioether (sulfide) groups is 1. The van der Waals surface area contributed by atoms with Gasteiger partial charge in [0.1, 0.15) is 24.0 Å². The van der Waals surface area contributed by atoms with Crippen molar-refractivity contribution in [3.63, 3.8) is 0 Å². The van der Waals surface area contributed by atoms with E-state index in [-0.39, 0.29) is 48.8 Å². The summed E-state index contributed by atoms with van der Waals surface area (Å²) in [5, 5.41) is 0.635. The fraction of sp³-hybridized carbons (Fsp3) is 0.438. The van der Waals surface area contributed by atoms with E-state index in [4.69, 9.17) is 27.9 Å². The minimum atomic E-state index is -1.07. The van der Waals surface area contributed by atoms with Crippen LogP contribution in [0.1, 0.15) is 24.8 Å². The highest BCUT2D eigenvalue weighted by molar-refractivity contribution is 7.99. The van der Waals surface area contributed by atoms with Crippen molar-refractivity contribution < 1.29 is 18.3 Å². The molecule has 3 aliphatic rings. The molecule has 0 radical (unpaired) electrons. The first-order valence-electron chi connectivity index (χ1n) is 14.8. The van der Waals surface area contributed by atoms with Crippen molar-refractivity contribution in [1.82, 2.24) is 19.8 Å². The summed E-state index contributed by atoms with van der Waals surface area (Å²) in [6.45, 7) is 12.5. The summed E-state index contributed by atoms with van der Waals surface area (Å²) < 4.78 is 36.7. The van der Waals surface area contributed by atoms with Crippen molar-refractivity contribution in [2.24, 2.45) is 0 Å². The summed E-state index contributed by atoms with van der Waals surface area (Å²) >= 11 is 8.58. The van der Waals surface area contributed by atoms with Crippen molar-refractivity contribution in [3.8, 4) is 17.1 Å². The number of rotatable bonds is 7. The van der Waals surface area contributed by atoms with Gasteiger partial charge in [-0.3, -0.25) is 4.79 Å². The summed E-state index contributed by atoms with van der Waals surface area (Å²) in [7, 11) is 2.05. The summed E-state index contributed by atoms with van der Waals surface area (Å²) in [6, 6.07) is 7.22. The minimum absolute atomic E-state index is 0.0358. The van der Waals surface area contributed by atoms with Crippen LogP contribution in [-0.2, 0) is 11.2 Å². The number of anilines is 1. The molecule has 8 nitrogen and oxygen atoms in total. The number of likely N-dealkylation sites (N-methyl/N-ethyl adjacent to an activating group) is 1. The zero-order valence-corrected chi connectivity index (χ0v) is 26.1. The monoisotopic (exact) mass is 638 g/mol. The van der Waals surface area contributed by atoms with Gasteiger partial charge in [0.25, 0.3) is 5.91 Å². The number of hydrogen-bond donors (Lipinski definition) is 0. The maximum absolute atomic E-state index is 16.8. The second-order valence-electron chi connectivity index (χ2n) is 11.5. The number of nitrogens with zero attached hydrogens (tertiary/aromatic N) is 6. The highest BCUT2D eigenvalue weighted by atomic mass is 35.5. The number of piperazine rings is 1. The highest BCUT2D eigenvalue weighted by Gasteiger charge is 2.36. The Morgan fingerprint density at radius 3 is 2.84 bits per heavy atom. The van der Waals surface area contributed by atoms with E-state index in [0.29, 0.717) is 23.4 Å². The Labute approximate surface area is 264 Å². The largest absolute Gasteiger partial charge is 0.462 e. The summed E-state index contributed by atoms with van der Waals surface area (Å²) in [5.74, 6) is -1.12. The Kier molecular flexibility index (Phi) is 8.94. The standard InChI is InChI=1S/C32H33ClF2N6O2S/c1-19(34)31(42)41-13-12-40(17-22(41)16-36-2)30-24-15-25(33)26(23-10-4-7-20-8-6-14-44-29(20)23)27(35)28(24)37-32(38-30)43-18-21-9-5-11-39(21)3/h4,7,10,15,21-22H,1,5-6,8-9,11-14,16-18H2,3H3/t21-,22-/m0/s1. The third-order valence-corrected chi connectivity index (χ3v) is 10.3. The van der Waals surface area contributed by atoms with Crippen LogP contribution in [0.5, 0.6) is 6.01 Å². The zero-order valence-electron chi connectivity index (χ0n) is 24.5. The molecule has 0 N–H and O–H groups in total. The Morgan fingerprint density at radius 2 is 2.09 bits per heavy atom. The van der Waals surface area contributed by atoms with E-state index in [1.54, 1.807) is 17.8 Å². The Bertz CT molecular complexity index is 1670. The zero-order chi connectivity index (χ0) is 31.0. The first kappa shape index (κ1) is 30.6. The van der Waals surface area contributed by atoms with E-state index in [1.165, 1.54) is 10.5 Å². The average Bonchev–Trinajstić information content (AvgIpc) is 3.44. The lowest BCUT2D eigenvalue weighted by atomic mass is 9.98. The van der Waals surface area contributed by atoms with Crippen LogP contribution >= 0.6 is 23.4 Å². The molecule has 6 rings (SSSR count). The van der Waals surface area contributed by atoms with Crippen LogP contribution in [0, 0.1) is 12.4 Å². The van der Waals surface area contributed by atoms with Gasteiger partial charge < -0.3 is 24.3 Å². The van der Waals surface area contributed by atoms with Gasteiger partial charge in [-0.2, -0.15) is 9.97 Å². The molecule has 0 aliphatic carbocycles. The lowest BCUT2D eigenvalue weighted by Crippen LogP contribution is -2.56. The van der Waals surface area contributed by atoms with Crippen molar-refractivity contribution in [2.75, 3.05) is 57.0 Å². The second-order valence-corrected chi connectivity index (χ2v) is 13.0. The summed E-state index contributed by atoms with van der Waals surface area (Å²) in [6.07, 6.45) is 4.05. The van der Waals surface area contributed by atoms with Crippen molar-refractivity contribution in [2.45, 2.75) is 42.7 Å². The number of aromatic nitrogens is 2. The third-order valence-electron chi connectivity index (χ3n) is 8.70. The highest BCUT2D eigenvalue weighted by Crippen LogP contribution is 2.44. The molecule has 2 fully saturated rings. The van der Waals surface area contributed by atoms with Crippen molar-refractivity contribution in [1.29, 1.82) is 0 Å². The Hall–Kier alpha value is -3.46. The van der Waals surface area contributed by atoms with Crippen LogP contribution in [-0.4, -0.2) is 89.9 Å². The lowest BCUT2D eigenvalue weighted by Gasteiger charge is -2.39. The SMILES string of the molecule is [C-]#[N+]C[C@H]1CN(c2nc(OC[C@@H]3CCCN3C)nc3c(F)c(-c4cccc5c4SCCC5)c(Cl)cc23)CCN1C(=O)C(=C)F. The average molecular weight is 639 g/mol. The van der Waals surface area contributed by atoms with Gasteiger partial charge in [0, 0.05) is 47.1 Å². The maximum Gasteiger partial charge on any atom is 0.319 e. The number of fused-ring (bicyclic) bond motifs is 2. The molecular formula is C32H33ClF2N6O2S. The van der Waals surface area contributed by atoms with Crippen LogP contribution in [0.2, 0.25) is 5.02 Å². The molecule has 4 heterocycles. The number of carbonyl (C=O) groups excluding carboxylic acids is 1. The van der Waals surface area contributed by atoms with E-state index in [2.05, 4.69) is 27.4 Å². The maximum atomic E-state index is 16.8. The molecule has 2 aromatic carbocycles.